The van der Waals surface area contributed by atoms with E-state index in [9.17, 15) is 14.7 Å². The van der Waals surface area contributed by atoms with Crippen LogP contribution < -0.4 is 10.6 Å². The second-order valence-electron chi connectivity index (χ2n) is 9.21. The number of carbonyl (C=O) groups is 2. The Morgan fingerprint density at radius 2 is 1.80 bits per heavy atom. The molecule has 1 amide bonds. The molecular formula is C28H32ClN3O3. The van der Waals surface area contributed by atoms with E-state index in [2.05, 4.69) is 39.8 Å². The zero-order chi connectivity index (χ0) is 24.9. The van der Waals surface area contributed by atoms with Crippen LogP contribution in [0.15, 0.2) is 77.1 Å². The zero-order valence-corrected chi connectivity index (χ0v) is 20.9. The SMILES string of the molecule is CCC1=C(C(=O)NC2CCN(Cc3ccccc3)CC2)C(c2cccc(Cl)c2)C(C(=O)O)=C(C)N1. The Bertz CT molecular complexity index is 1150. The lowest BCUT2D eigenvalue weighted by Gasteiger charge is -2.35. The predicted octanol–water partition coefficient (Wildman–Crippen LogP) is 4.83. The second kappa shape index (κ2) is 11.1. The number of halogens is 1. The van der Waals surface area contributed by atoms with E-state index in [1.165, 1.54) is 5.56 Å². The molecule has 4 rings (SSSR count). The quantitative estimate of drug-likeness (QED) is 0.514. The molecule has 2 aliphatic heterocycles. The maximum atomic E-state index is 13.7. The first-order chi connectivity index (χ1) is 16.9. The minimum absolute atomic E-state index is 0.0421. The smallest absolute Gasteiger partial charge is 0.334 e. The van der Waals surface area contributed by atoms with Gasteiger partial charge in [-0.05, 0) is 49.4 Å². The number of nitrogens with zero attached hydrogens (tertiary/aromatic N) is 1. The zero-order valence-electron chi connectivity index (χ0n) is 20.2. The third-order valence-electron chi connectivity index (χ3n) is 6.83. The Balaban J connectivity index is 1.53. The average molecular weight is 494 g/mol. The lowest BCUT2D eigenvalue weighted by molar-refractivity contribution is -0.133. The summed E-state index contributed by atoms with van der Waals surface area (Å²) in [7, 11) is 0. The van der Waals surface area contributed by atoms with Gasteiger partial charge < -0.3 is 15.7 Å². The first kappa shape index (κ1) is 25.0. The molecule has 1 unspecified atom stereocenters. The van der Waals surface area contributed by atoms with Crippen LogP contribution in [0.3, 0.4) is 0 Å². The maximum absolute atomic E-state index is 13.7. The molecule has 6 nitrogen and oxygen atoms in total. The molecule has 0 saturated carbocycles. The van der Waals surface area contributed by atoms with E-state index in [0.29, 0.717) is 28.3 Å². The standard InChI is InChI=1S/C28H32ClN3O3/c1-3-23-26(25(20-10-7-11-21(29)16-20)24(28(34)35)18(2)30-23)27(33)31-22-12-14-32(15-13-22)17-19-8-5-4-6-9-19/h4-11,16,22,25,30H,3,12-15,17H2,1-2H3,(H,31,33)(H,34,35). The van der Waals surface area contributed by atoms with Gasteiger partial charge in [-0.1, -0.05) is 61.0 Å². The van der Waals surface area contributed by atoms with Crippen molar-refractivity contribution in [3.05, 3.63) is 93.3 Å². The number of piperidine rings is 1. The van der Waals surface area contributed by atoms with Crippen LogP contribution in [0, 0.1) is 0 Å². The van der Waals surface area contributed by atoms with Gasteiger partial charge in [0.05, 0.1) is 11.5 Å². The van der Waals surface area contributed by atoms with Crippen molar-refractivity contribution < 1.29 is 14.7 Å². The first-order valence-electron chi connectivity index (χ1n) is 12.1. The summed E-state index contributed by atoms with van der Waals surface area (Å²) < 4.78 is 0. The summed E-state index contributed by atoms with van der Waals surface area (Å²) in [5.41, 5.74) is 3.91. The molecular weight excluding hydrogens is 462 g/mol. The highest BCUT2D eigenvalue weighted by molar-refractivity contribution is 6.30. The topological polar surface area (TPSA) is 81.7 Å². The average Bonchev–Trinajstić information content (AvgIpc) is 2.84. The van der Waals surface area contributed by atoms with E-state index in [0.717, 1.165) is 38.2 Å². The highest BCUT2D eigenvalue weighted by Gasteiger charge is 2.37. The fourth-order valence-corrected chi connectivity index (χ4v) is 5.29. The summed E-state index contributed by atoms with van der Waals surface area (Å²) >= 11 is 6.25. The summed E-state index contributed by atoms with van der Waals surface area (Å²) in [6, 6.07) is 17.6. The first-order valence-corrected chi connectivity index (χ1v) is 12.5. The summed E-state index contributed by atoms with van der Waals surface area (Å²) in [5.74, 6) is -1.96. The maximum Gasteiger partial charge on any atom is 0.334 e. The Labute approximate surface area is 211 Å². The Morgan fingerprint density at radius 3 is 2.43 bits per heavy atom. The molecule has 1 atom stereocenters. The molecule has 2 aromatic rings. The van der Waals surface area contributed by atoms with Crippen molar-refractivity contribution >= 4 is 23.5 Å². The monoisotopic (exact) mass is 493 g/mol. The van der Waals surface area contributed by atoms with Crippen molar-refractivity contribution in [1.82, 2.24) is 15.5 Å². The van der Waals surface area contributed by atoms with Crippen LogP contribution in [0.5, 0.6) is 0 Å². The molecule has 2 heterocycles. The van der Waals surface area contributed by atoms with Crippen LogP contribution in [0.4, 0.5) is 0 Å². The van der Waals surface area contributed by atoms with Crippen LogP contribution >= 0.6 is 11.6 Å². The lowest BCUT2D eigenvalue weighted by atomic mass is 9.79. The van der Waals surface area contributed by atoms with Crippen LogP contribution in [0.25, 0.3) is 0 Å². The molecule has 184 valence electrons. The van der Waals surface area contributed by atoms with Crippen molar-refractivity contribution in [1.29, 1.82) is 0 Å². The van der Waals surface area contributed by atoms with E-state index < -0.39 is 11.9 Å². The largest absolute Gasteiger partial charge is 0.478 e. The molecule has 0 radical (unpaired) electrons. The van der Waals surface area contributed by atoms with Crippen molar-refractivity contribution in [2.24, 2.45) is 0 Å². The third kappa shape index (κ3) is 5.77. The van der Waals surface area contributed by atoms with Crippen molar-refractivity contribution in [3.63, 3.8) is 0 Å². The van der Waals surface area contributed by atoms with Gasteiger partial charge in [-0.15, -0.1) is 0 Å². The van der Waals surface area contributed by atoms with E-state index in [-0.39, 0.29) is 17.5 Å². The van der Waals surface area contributed by atoms with E-state index >= 15 is 0 Å². The molecule has 3 N–H and O–H groups in total. The number of allylic oxidation sites excluding steroid dienone is 2. The number of rotatable bonds is 7. The van der Waals surface area contributed by atoms with Gasteiger partial charge in [0.15, 0.2) is 0 Å². The molecule has 2 aromatic carbocycles. The van der Waals surface area contributed by atoms with Gasteiger partial charge in [0.2, 0.25) is 5.91 Å². The molecule has 0 aromatic heterocycles. The molecule has 0 aliphatic carbocycles. The fraction of sp³-hybridized carbons (Fsp3) is 0.357. The lowest BCUT2D eigenvalue weighted by Crippen LogP contribution is -2.46. The highest BCUT2D eigenvalue weighted by atomic mass is 35.5. The van der Waals surface area contributed by atoms with Gasteiger partial charge in [-0.3, -0.25) is 9.69 Å². The van der Waals surface area contributed by atoms with Gasteiger partial charge in [-0.25, -0.2) is 4.79 Å². The van der Waals surface area contributed by atoms with Gasteiger partial charge in [0.1, 0.15) is 0 Å². The fourth-order valence-electron chi connectivity index (χ4n) is 5.09. The number of hydrogen-bond acceptors (Lipinski definition) is 4. The minimum Gasteiger partial charge on any atom is -0.478 e. The summed E-state index contributed by atoms with van der Waals surface area (Å²) in [6.07, 6.45) is 2.28. The number of benzene rings is 2. The normalized spacial score (nSPS) is 19.5. The van der Waals surface area contributed by atoms with Crippen LogP contribution in [-0.4, -0.2) is 41.0 Å². The van der Waals surface area contributed by atoms with Gasteiger partial charge in [0.25, 0.3) is 0 Å². The van der Waals surface area contributed by atoms with Crippen molar-refractivity contribution in [2.45, 2.75) is 51.6 Å². The Kier molecular flexibility index (Phi) is 7.93. The van der Waals surface area contributed by atoms with Crippen LogP contribution in [0.1, 0.15) is 50.2 Å². The molecule has 2 aliphatic rings. The summed E-state index contributed by atoms with van der Waals surface area (Å²) in [6.45, 7) is 6.41. The summed E-state index contributed by atoms with van der Waals surface area (Å²) in [5, 5.41) is 17.0. The number of carboxylic acids is 1. The Hall–Kier alpha value is -3.09. The third-order valence-corrected chi connectivity index (χ3v) is 7.06. The number of nitrogens with one attached hydrogen (secondary N) is 2. The molecule has 0 spiro atoms. The number of aliphatic carboxylic acids is 1. The number of dihydropyridines is 1. The van der Waals surface area contributed by atoms with Gasteiger partial charge in [0, 0.05) is 47.7 Å². The number of likely N-dealkylation sites (tertiary alicyclic amines) is 1. The Morgan fingerprint density at radius 1 is 1.09 bits per heavy atom. The van der Waals surface area contributed by atoms with Gasteiger partial charge in [-0.2, -0.15) is 0 Å². The summed E-state index contributed by atoms with van der Waals surface area (Å²) in [4.78, 5) is 28.4. The minimum atomic E-state index is -1.05. The number of amides is 1. The molecule has 1 saturated heterocycles. The number of carbonyl (C=O) groups excluding carboxylic acids is 1. The molecule has 35 heavy (non-hydrogen) atoms. The molecule has 0 bridgehead atoms. The van der Waals surface area contributed by atoms with Gasteiger partial charge >= 0.3 is 5.97 Å². The second-order valence-corrected chi connectivity index (χ2v) is 9.65. The van der Waals surface area contributed by atoms with Crippen molar-refractivity contribution in [2.75, 3.05) is 13.1 Å². The van der Waals surface area contributed by atoms with E-state index in [1.54, 1.807) is 25.1 Å². The van der Waals surface area contributed by atoms with Crippen LogP contribution in [0.2, 0.25) is 5.02 Å². The van der Waals surface area contributed by atoms with E-state index in [1.807, 2.05) is 19.1 Å². The number of carboxylic acid groups (broad SMARTS) is 1. The highest BCUT2D eigenvalue weighted by Crippen LogP contribution is 2.39. The number of hydrogen-bond donors (Lipinski definition) is 3. The molecule has 7 heteroatoms. The van der Waals surface area contributed by atoms with Crippen molar-refractivity contribution in [3.8, 4) is 0 Å². The molecule has 1 fully saturated rings. The van der Waals surface area contributed by atoms with E-state index in [4.69, 9.17) is 11.6 Å². The predicted molar refractivity (Wildman–Crippen MR) is 138 cm³/mol. The van der Waals surface area contributed by atoms with Crippen LogP contribution in [-0.2, 0) is 16.1 Å².